The Kier molecular flexibility index (Phi) is 4.24. The minimum atomic E-state index is 0.295. The molecule has 3 aliphatic rings. The highest BCUT2D eigenvalue weighted by Gasteiger charge is 2.40. The van der Waals surface area contributed by atoms with Crippen molar-refractivity contribution >= 4 is 17.3 Å². The Morgan fingerprint density at radius 2 is 2.05 bits per heavy atom. The van der Waals surface area contributed by atoms with E-state index in [9.17, 15) is 0 Å². The van der Waals surface area contributed by atoms with Gasteiger partial charge in [-0.3, -0.25) is 0 Å². The summed E-state index contributed by atoms with van der Waals surface area (Å²) in [6.07, 6.45) is 5.60. The monoisotopic (exact) mass is 284 g/mol. The topological polar surface area (TPSA) is 39.9 Å². The van der Waals surface area contributed by atoms with Crippen molar-refractivity contribution in [1.82, 2.24) is 10.2 Å². The van der Waals surface area contributed by atoms with Crippen LogP contribution in [0.3, 0.4) is 0 Å². The van der Waals surface area contributed by atoms with E-state index in [1.54, 1.807) is 0 Å². The number of aliphatic hydroxyl groups excluding tert-OH is 1. The van der Waals surface area contributed by atoms with Gasteiger partial charge in [0.05, 0.1) is 32.8 Å². The number of piperazine rings is 1. The van der Waals surface area contributed by atoms with Crippen LogP contribution < -0.4 is 10.2 Å². The van der Waals surface area contributed by atoms with Gasteiger partial charge >= 0.3 is 0 Å². The Hall–Kier alpha value is -0.390. The Labute approximate surface area is 121 Å². The van der Waals surface area contributed by atoms with Crippen molar-refractivity contribution in [3.05, 3.63) is 0 Å². The molecule has 3 atom stereocenters. The van der Waals surface area contributed by atoms with Crippen LogP contribution in [0.1, 0.15) is 25.7 Å². The number of hydrogen-bond donors (Lipinski definition) is 3. The van der Waals surface area contributed by atoms with Crippen molar-refractivity contribution in [2.24, 2.45) is 11.8 Å². The van der Waals surface area contributed by atoms with Crippen LogP contribution >= 0.6 is 12.2 Å². The third-order valence-electron chi connectivity index (χ3n) is 5.27. The van der Waals surface area contributed by atoms with E-state index >= 15 is 0 Å². The lowest BCUT2D eigenvalue weighted by Crippen LogP contribution is -3.15. The van der Waals surface area contributed by atoms with Crippen LogP contribution in [0, 0.1) is 11.8 Å². The highest BCUT2D eigenvalue weighted by Crippen LogP contribution is 2.44. The molecule has 1 aliphatic heterocycles. The molecule has 1 heterocycles. The van der Waals surface area contributed by atoms with Gasteiger partial charge in [0.15, 0.2) is 5.11 Å². The molecule has 19 heavy (non-hydrogen) atoms. The molecular formula is C14H26N3OS+. The van der Waals surface area contributed by atoms with E-state index in [4.69, 9.17) is 17.3 Å². The van der Waals surface area contributed by atoms with Crippen molar-refractivity contribution in [3.8, 4) is 0 Å². The van der Waals surface area contributed by atoms with Crippen LogP contribution in [0.15, 0.2) is 0 Å². The first-order valence-corrected chi connectivity index (χ1v) is 8.17. The summed E-state index contributed by atoms with van der Waals surface area (Å²) in [5, 5.41) is 13.6. The summed E-state index contributed by atoms with van der Waals surface area (Å²) in [6.45, 7) is 5.42. The molecule has 4 nitrogen and oxygen atoms in total. The molecule has 1 saturated heterocycles. The highest BCUT2D eigenvalue weighted by molar-refractivity contribution is 7.80. The maximum Gasteiger partial charge on any atom is 0.169 e. The average Bonchev–Trinajstić information content (AvgIpc) is 3.02. The van der Waals surface area contributed by atoms with Crippen LogP contribution in [0.2, 0.25) is 0 Å². The molecule has 3 rings (SSSR count). The maximum atomic E-state index is 8.97. The van der Waals surface area contributed by atoms with Gasteiger partial charge in [0.1, 0.15) is 6.54 Å². The largest absolute Gasteiger partial charge is 0.391 e. The van der Waals surface area contributed by atoms with Gasteiger partial charge in [-0.25, -0.2) is 0 Å². The number of fused-ring (bicyclic) bond motifs is 2. The van der Waals surface area contributed by atoms with Crippen LogP contribution in [0.25, 0.3) is 0 Å². The number of hydrogen-bond acceptors (Lipinski definition) is 2. The molecular weight excluding hydrogens is 258 g/mol. The van der Waals surface area contributed by atoms with E-state index < -0.39 is 0 Å². The van der Waals surface area contributed by atoms with Crippen molar-refractivity contribution in [2.45, 2.75) is 31.7 Å². The molecule has 5 heteroatoms. The molecule has 0 amide bonds. The quantitative estimate of drug-likeness (QED) is 0.596. The fraction of sp³-hybridized carbons (Fsp3) is 0.929. The second-order valence-corrected chi connectivity index (χ2v) is 6.83. The second kappa shape index (κ2) is 5.94. The first-order chi connectivity index (χ1) is 9.26. The number of nitrogens with zero attached hydrogens (tertiary/aromatic N) is 1. The summed E-state index contributed by atoms with van der Waals surface area (Å²) in [5.74, 6) is 1.85. The fourth-order valence-electron chi connectivity index (χ4n) is 4.11. The lowest BCUT2D eigenvalue weighted by atomic mass is 9.95. The molecule has 2 saturated carbocycles. The maximum absolute atomic E-state index is 8.97. The van der Waals surface area contributed by atoms with Gasteiger partial charge in [-0.05, 0) is 43.3 Å². The number of nitrogens with one attached hydrogen (secondary N) is 2. The Bertz CT molecular complexity index is 331. The summed E-state index contributed by atoms with van der Waals surface area (Å²) in [7, 11) is 0. The van der Waals surface area contributed by atoms with Gasteiger partial charge in [0, 0.05) is 6.04 Å². The molecule has 108 valence electrons. The second-order valence-electron chi connectivity index (χ2n) is 6.44. The van der Waals surface area contributed by atoms with Gasteiger partial charge in [0.25, 0.3) is 0 Å². The minimum absolute atomic E-state index is 0.295. The van der Waals surface area contributed by atoms with Crippen LogP contribution in [0.4, 0.5) is 0 Å². The summed E-state index contributed by atoms with van der Waals surface area (Å²) in [5.41, 5.74) is 0. The van der Waals surface area contributed by atoms with Crippen LogP contribution in [-0.4, -0.2) is 60.5 Å². The fourth-order valence-corrected chi connectivity index (χ4v) is 4.44. The first-order valence-electron chi connectivity index (χ1n) is 7.76. The Morgan fingerprint density at radius 3 is 2.63 bits per heavy atom. The summed E-state index contributed by atoms with van der Waals surface area (Å²) in [4.78, 5) is 3.82. The molecule has 0 aromatic heterocycles. The van der Waals surface area contributed by atoms with Gasteiger partial charge in [-0.2, -0.15) is 0 Å². The average molecular weight is 284 g/mol. The molecule has 0 radical (unpaired) electrons. The molecule has 2 bridgehead atoms. The first kappa shape index (κ1) is 13.6. The molecule has 0 spiro atoms. The van der Waals surface area contributed by atoms with E-state index in [1.807, 2.05) is 0 Å². The highest BCUT2D eigenvalue weighted by atomic mass is 32.1. The SMILES string of the molecule is OCC[NH+]1CCN(C(=S)N[C@H]2C[C@@H]3CC[C@H]2C3)CC1. The summed E-state index contributed by atoms with van der Waals surface area (Å²) in [6, 6.07) is 0.647. The molecule has 2 aliphatic carbocycles. The van der Waals surface area contributed by atoms with Gasteiger partial charge in [-0.1, -0.05) is 6.42 Å². The zero-order chi connectivity index (χ0) is 13.2. The van der Waals surface area contributed by atoms with Gasteiger partial charge < -0.3 is 20.2 Å². The number of quaternary nitrogens is 1. The lowest BCUT2D eigenvalue weighted by molar-refractivity contribution is -0.904. The van der Waals surface area contributed by atoms with E-state index in [0.29, 0.717) is 12.6 Å². The normalized spacial score (nSPS) is 34.8. The van der Waals surface area contributed by atoms with Crippen molar-refractivity contribution < 1.29 is 10.0 Å². The third kappa shape index (κ3) is 3.03. The summed E-state index contributed by atoms with van der Waals surface area (Å²) >= 11 is 5.59. The smallest absolute Gasteiger partial charge is 0.169 e. The molecule has 0 aromatic rings. The lowest BCUT2D eigenvalue weighted by Gasteiger charge is -2.35. The van der Waals surface area contributed by atoms with E-state index in [0.717, 1.165) is 49.7 Å². The van der Waals surface area contributed by atoms with Gasteiger partial charge in [0.2, 0.25) is 0 Å². The van der Waals surface area contributed by atoms with Crippen molar-refractivity contribution in [1.29, 1.82) is 0 Å². The van der Waals surface area contributed by atoms with Crippen molar-refractivity contribution in [3.63, 3.8) is 0 Å². The Balaban J connectivity index is 1.44. The predicted molar refractivity (Wildman–Crippen MR) is 79.2 cm³/mol. The van der Waals surface area contributed by atoms with E-state index in [1.165, 1.54) is 30.6 Å². The minimum Gasteiger partial charge on any atom is -0.391 e. The van der Waals surface area contributed by atoms with Gasteiger partial charge in [-0.15, -0.1) is 0 Å². The Morgan fingerprint density at radius 1 is 1.26 bits per heavy atom. The zero-order valence-electron chi connectivity index (χ0n) is 11.6. The molecule has 3 N–H and O–H groups in total. The third-order valence-corrected chi connectivity index (χ3v) is 5.65. The zero-order valence-corrected chi connectivity index (χ0v) is 12.4. The molecule has 0 unspecified atom stereocenters. The number of thiocarbonyl (C=S) groups is 1. The number of aliphatic hydroxyl groups is 1. The van der Waals surface area contributed by atoms with Crippen LogP contribution in [0.5, 0.6) is 0 Å². The molecule has 3 fully saturated rings. The predicted octanol–water partition coefficient (Wildman–Crippen LogP) is -0.758. The van der Waals surface area contributed by atoms with E-state index in [2.05, 4.69) is 10.2 Å². The number of rotatable bonds is 3. The molecule has 0 aromatic carbocycles. The van der Waals surface area contributed by atoms with Crippen molar-refractivity contribution in [2.75, 3.05) is 39.3 Å². The van der Waals surface area contributed by atoms with Crippen LogP contribution in [-0.2, 0) is 0 Å². The summed E-state index contributed by atoms with van der Waals surface area (Å²) < 4.78 is 0. The standard InChI is InChI=1S/C14H25N3OS/c18-8-7-16-3-5-17(6-4-16)14(19)15-13-10-11-1-2-12(13)9-11/h11-13,18H,1-10H2,(H,15,19)/p+1/t11-,12+,13+/m1/s1. The van der Waals surface area contributed by atoms with E-state index in [-0.39, 0.29) is 0 Å².